The fourth-order valence-corrected chi connectivity index (χ4v) is 4.12. The molecule has 9 heteroatoms. The summed E-state index contributed by atoms with van der Waals surface area (Å²) in [6, 6.07) is 12.3. The summed E-state index contributed by atoms with van der Waals surface area (Å²) in [4.78, 5) is 12.3. The molecule has 1 heterocycles. The van der Waals surface area contributed by atoms with E-state index in [1.165, 1.54) is 0 Å². The van der Waals surface area contributed by atoms with Crippen molar-refractivity contribution in [2.75, 3.05) is 0 Å². The highest BCUT2D eigenvalue weighted by atomic mass is 32.2. The van der Waals surface area contributed by atoms with Crippen LogP contribution in [0.4, 0.5) is 4.39 Å². The van der Waals surface area contributed by atoms with Crippen molar-refractivity contribution in [2.45, 2.75) is 37.9 Å². The second-order valence-corrected chi connectivity index (χ2v) is 8.83. The maximum atomic E-state index is 14.1. The van der Waals surface area contributed by atoms with Gasteiger partial charge in [-0.25, -0.2) is 17.5 Å². The number of halogens is 1. The molecule has 0 aliphatic rings. The minimum atomic E-state index is -3.83. The zero-order valence-electron chi connectivity index (χ0n) is 16.7. The number of nitrogens with zero attached hydrogens (tertiary/aromatic N) is 2. The molecule has 158 valence electrons. The van der Waals surface area contributed by atoms with E-state index < -0.39 is 21.7 Å². The predicted octanol–water partition coefficient (Wildman–Crippen LogP) is 2.69. The summed E-state index contributed by atoms with van der Waals surface area (Å²) >= 11 is 0. The molecule has 1 amide bonds. The quantitative estimate of drug-likeness (QED) is 0.575. The van der Waals surface area contributed by atoms with Gasteiger partial charge in [0.25, 0.3) is 5.91 Å². The summed E-state index contributed by atoms with van der Waals surface area (Å²) in [6.07, 6.45) is 3.58. The molecule has 2 N–H and O–H groups in total. The molecule has 0 saturated heterocycles. The first-order chi connectivity index (χ1) is 14.2. The van der Waals surface area contributed by atoms with Gasteiger partial charge in [0.1, 0.15) is 5.82 Å². The summed E-state index contributed by atoms with van der Waals surface area (Å²) in [6.45, 7) is 4.17. The molecule has 0 fully saturated rings. The average molecular weight is 431 g/mol. The van der Waals surface area contributed by atoms with Crippen LogP contribution in [-0.4, -0.2) is 30.1 Å². The lowest BCUT2D eigenvalue weighted by atomic mass is 10.1. The zero-order chi connectivity index (χ0) is 21.7. The van der Waals surface area contributed by atoms with E-state index in [2.05, 4.69) is 15.1 Å². The molecule has 0 saturated carbocycles. The molecule has 0 radical (unpaired) electrons. The second kappa shape index (κ2) is 9.19. The number of amides is 1. The molecular formula is C21H23FN4O3S. The van der Waals surface area contributed by atoms with Crippen molar-refractivity contribution >= 4 is 15.9 Å². The average Bonchev–Trinajstić information content (AvgIpc) is 3.19. The van der Waals surface area contributed by atoms with Gasteiger partial charge in [-0.1, -0.05) is 24.3 Å². The highest BCUT2D eigenvalue weighted by Crippen LogP contribution is 2.16. The topological polar surface area (TPSA) is 93.1 Å². The normalized spacial score (nSPS) is 11.6. The van der Waals surface area contributed by atoms with Gasteiger partial charge in [-0.2, -0.15) is 5.10 Å². The van der Waals surface area contributed by atoms with E-state index in [1.807, 2.05) is 36.5 Å². The first kappa shape index (κ1) is 21.7. The Kier molecular flexibility index (Phi) is 6.63. The number of rotatable bonds is 8. The van der Waals surface area contributed by atoms with Crippen molar-refractivity contribution in [3.05, 3.63) is 83.4 Å². The van der Waals surface area contributed by atoms with Crippen molar-refractivity contribution in [1.82, 2.24) is 19.8 Å². The Hall–Kier alpha value is -3.04. The van der Waals surface area contributed by atoms with Crippen LogP contribution in [0.1, 0.15) is 35.3 Å². The lowest BCUT2D eigenvalue weighted by Crippen LogP contribution is -2.31. The Labute approximate surface area is 175 Å². The molecule has 0 atom stereocenters. The highest BCUT2D eigenvalue weighted by Gasteiger charge is 2.20. The summed E-state index contributed by atoms with van der Waals surface area (Å²) in [5.41, 5.74) is 1.56. The Morgan fingerprint density at radius 2 is 1.83 bits per heavy atom. The van der Waals surface area contributed by atoms with Crippen LogP contribution in [0.25, 0.3) is 0 Å². The van der Waals surface area contributed by atoms with E-state index in [-0.39, 0.29) is 23.0 Å². The number of sulfonamides is 1. The maximum absolute atomic E-state index is 14.1. The van der Waals surface area contributed by atoms with Crippen LogP contribution >= 0.6 is 0 Å². The SMILES string of the molecule is CC(C)NS(=O)(=O)c1ccc(F)c(C(=O)NCc2ccc(Cn3cccn3)cc2)c1. The van der Waals surface area contributed by atoms with Crippen molar-refractivity contribution in [2.24, 2.45) is 0 Å². The van der Waals surface area contributed by atoms with Crippen molar-refractivity contribution < 1.29 is 17.6 Å². The van der Waals surface area contributed by atoms with Crippen molar-refractivity contribution in [1.29, 1.82) is 0 Å². The van der Waals surface area contributed by atoms with Crippen LogP contribution in [0, 0.1) is 5.82 Å². The molecule has 3 aromatic rings. The first-order valence-electron chi connectivity index (χ1n) is 9.40. The minimum Gasteiger partial charge on any atom is -0.348 e. The number of hydrogen-bond acceptors (Lipinski definition) is 4. The molecule has 3 rings (SSSR count). The largest absolute Gasteiger partial charge is 0.348 e. The lowest BCUT2D eigenvalue weighted by molar-refractivity contribution is 0.0946. The van der Waals surface area contributed by atoms with E-state index in [9.17, 15) is 17.6 Å². The molecule has 0 spiro atoms. The summed E-state index contributed by atoms with van der Waals surface area (Å²) in [5.74, 6) is -1.47. The van der Waals surface area contributed by atoms with E-state index in [4.69, 9.17) is 0 Å². The van der Waals surface area contributed by atoms with E-state index in [0.29, 0.717) is 6.54 Å². The number of hydrogen-bond donors (Lipinski definition) is 2. The third kappa shape index (κ3) is 5.52. The minimum absolute atomic E-state index is 0.161. The summed E-state index contributed by atoms with van der Waals surface area (Å²) in [5, 5.41) is 6.78. The van der Waals surface area contributed by atoms with E-state index in [1.54, 1.807) is 24.7 Å². The second-order valence-electron chi connectivity index (χ2n) is 7.12. The molecule has 1 aromatic heterocycles. The fourth-order valence-electron chi connectivity index (χ4n) is 2.85. The molecule has 0 unspecified atom stereocenters. The zero-order valence-corrected chi connectivity index (χ0v) is 17.5. The van der Waals surface area contributed by atoms with Gasteiger partial charge in [-0.05, 0) is 49.2 Å². The molecule has 2 aromatic carbocycles. The predicted molar refractivity (Wildman–Crippen MR) is 111 cm³/mol. The summed E-state index contributed by atoms with van der Waals surface area (Å²) < 4.78 is 42.9. The van der Waals surface area contributed by atoms with Gasteiger partial charge < -0.3 is 5.32 Å². The van der Waals surface area contributed by atoms with Crippen LogP contribution < -0.4 is 10.0 Å². The van der Waals surface area contributed by atoms with Crippen LogP contribution in [-0.2, 0) is 23.1 Å². The molecule has 30 heavy (non-hydrogen) atoms. The van der Waals surface area contributed by atoms with Gasteiger partial charge in [0.2, 0.25) is 10.0 Å². The van der Waals surface area contributed by atoms with Crippen LogP contribution in [0.15, 0.2) is 65.8 Å². The fraction of sp³-hybridized carbons (Fsp3) is 0.238. The number of benzene rings is 2. The van der Waals surface area contributed by atoms with Gasteiger partial charge >= 0.3 is 0 Å². The van der Waals surface area contributed by atoms with Crippen LogP contribution in [0.5, 0.6) is 0 Å². The van der Waals surface area contributed by atoms with Crippen LogP contribution in [0.2, 0.25) is 0 Å². The Morgan fingerprint density at radius 1 is 1.13 bits per heavy atom. The monoisotopic (exact) mass is 430 g/mol. The highest BCUT2D eigenvalue weighted by molar-refractivity contribution is 7.89. The Bertz CT molecular complexity index is 1110. The molecule has 0 aliphatic carbocycles. The standard InChI is InChI=1S/C21H23FN4O3S/c1-15(2)25-30(28,29)18-8-9-20(22)19(12-18)21(27)23-13-16-4-6-17(7-5-16)14-26-11-3-10-24-26/h3-12,15,25H,13-14H2,1-2H3,(H,23,27). The van der Waals surface area contributed by atoms with Gasteiger partial charge in [-0.3, -0.25) is 9.48 Å². The smallest absolute Gasteiger partial charge is 0.254 e. The van der Waals surface area contributed by atoms with Gasteiger partial charge in [0, 0.05) is 25.0 Å². The molecule has 0 aliphatic heterocycles. The first-order valence-corrected chi connectivity index (χ1v) is 10.9. The molecule has 7 nitrogen and oxygen atoms in total. The van der Waals surface area contributed by atoms with E-state index >= 15 is 0 Å². The van der Waals surface area contributed by atoms with Gasteiger partial charge in [0.05, 0.1) is 17.0 Å². The lowest BCUT2D eigenvalue weighted by Gasteiger charge is -2.12. The van der Waals surface area contributed by atoms with Crippen molar-refractivity contribution in [3.63, 3.8) is 0 Å². The third-order valence-corrected chi connectivity index (χ3v) is 5.92. The summed E-state index contributed by atoms with van der Waals surface area (Å²) in [7, 11) is -3.83. The number of aromatic nitrogens is 2. The molecule has 0 bridgehead atoms. The van der Waals surface area contributed by atoms with Crippen LogP contribution in [0.3, 0.4) is 0 Å². The van der Waals surface area contributed by atoms with Crippen molar-refractivity contribution in [3.8, 4) is 0 Å². The third-order valence-electron chi connectivity index (χ3n) is 4.26. The van der Waals surface area contributed by atoms with Gasteiger partial charge in [-0.15, -0.1) is 0 Å². The maximum Gasteiger partial charge on any atom is 0.254 e. The molecular weight excluding hydrogens is 407 g/mol. The Balaban J connectivity index is 1.66. The number of carbonyl (C=O) groups excluding carboxylic acids is 1. The Morgan fingerprint density at radius 3 is 2.47 bits per heavy atom. The van der Waals surface area contributed by atoms with Gasteiger partial charge in [0.15, 0.2) is 0 Å². The number of nitrogens with one attached hydrogen (secondary N) is 2. The number of carbonyl (C=O) groups is 1. The van der Waals surface area contributed by atoms with E-state index in [0.717, 1.165) is 29.3 Å².